The smallest absolute Gasteiger partial charge is 0.253 e. The maximum Gasteiger partial charge on any atom is 0.253 e. The third-order valence-electron chi connectivity index (χ3n) is 3.44. The molecule has 2 N–H and O–H groups in total. The average Bonchev–Trinajstić information content (AvgIpc) is 2.48. The number of carbonyl (C=O) groups excluding carboxylic acids is 1. The molecule has 0 aliphatic rings. The fraction of sp³-hybridized carbons (Fsp3) is 0.235. The third-order valence-corrected chi connectivity index (χ3v) is 4.09. The molecule has 2 aromatic rings. The van der Waals surface area contributed by atoms with Crippen molar-refractivity contribution < 1.29 is 4.79 Å². The Morgan fingerprint density at radius 1 is 0.957 bits per heavy atom. The summed E-state index contributed by atoms with van der Waals surface area (Å²) in [5.74, 6) is -0.305. The van der Waals surface area contributed by atoms with Crippen molar-refractivity contribution in [2.75, 3.05) is 5.32 Å². The summed E-state index contributed by atoms with van der Waals surface area (Å²) in [5, 5.41) is 5.82. The minimum absolute atomic E-state index is 0.305. The molecular weight excluding hydrogens is 355 g/mol. The van der Waals surface area contributed by atoms with Crippen LogP contribution in [-0.4, -0.2) is 15.9 Å². The van der Waals surface area contributed by atoms with Crippen LogP contribution in [0.1, 0.15) is 21.5 Å². The van der Waals surface area contributed by atoms with E-state index in [1.807, 2.05) is 50.2 Å². The lowest BCUT2D eigenvalue weighted by molar-refractivity contribution is 0.0941. The second kappa shape index (κ2) is 7.43. The first-order valence-electron chi connectivity index (χ1n) is 7.04. The van der Waals surface area contributed by atoms with Crippen LogP contribution in [0.15, 0.2) is 48.5 Å². The number of para-hydroxylation sites is 1. The second-order valence-corrected chi connectivity index (χ2v) is 7.59. The molecule has 0 aliphatic heterocycles. The summed E-state index contributed by atoms with van der Waals surface area (Å²) in [6.07, 6.45) is -0.874. The van der Waals surface area contributed by atoms with Crippen LogP contribution in [-0.2, 0) is 0 Å². The van der Waals surface area contributed by atoms with E-state index in [-0.39, 0.29) is 5.91 Å². The SMILES string of the molecule is Cc1ccccc1N[C@@H](NC(=O)c1ccccc1C)C(Cl)(Cl)Cl. The number of nitrogens with one attached hydrogen (secondary N) is 2. The van der Waals surface area contributed by atoms with Crippen molar-refractivity contribution in [1.29, 1.82) is 0 Å². The molecule has 2 rings (SSSR count). The third kappa shape index (κ3) is 4.77. The van der Waals surface area contributed by atoms with Gasteiger partial charge in [-0.3, -0.25) is 4.79 Å². The molecule has 0 radical (unpaired) electrons. The molecule has 122 valence electrons. The highest BCUT2D eigenvalue weighted by Gasteiger charge is 2.34. The summed E-state index contributed by atoms with van der Waals surface area (Å²) < 4.78 is -1.71. The van der Waals surface area contributed by atoms with Crippen LogP contribution in [0.25, 0.3) is 0 Å². The predicted molar refractivity (Wildman–Crippen MR) is 97.5 cm³/mol. The van der Waals surface area contributed by atoms with Crippen molar-refractivity contribution in [2.45, 2.75) is 23.8 Å². The van der Waals surface area contributed by atoms with Crippen molar-refractivity contribution in [3.8, 4) is 0 Å². The van der Waals surface area contributed by atoms with Crippen molar-refractivity contribution in [3.63, 3.8) is 0 Å². The summed E-state index contributed by atoms with van der Waals surface area (Å²) in [5.41, 5.74) is 3.16. The lowest BCUT2D eigenvalue weighted by atomic mass is 10.1. The number of carbonyl (C=O) groups is 1. The van der Waals surface area contributed by atoms with E-state index in [9.17, 15) is 4.79 Å². The molecule has 0 spiro atoms. The van der Waals surface area contributed by atoms with Crippen molar-refractivity contribution >= 4 is 46.4 Å². The lowest BCUT2D eigenvalue weighted by Crippen LogP contribution is -2.49. The number of halogens is 3. The Hall–Kier alpha value is -1.42. The number of amides is 1. The van der Waals surface area contributed by atoms with Gasteiger partial charge in [-0.05, 0) is 37.1 Å². The number of anilines is 1. The molecule has 0 aliphatic carbocycles. The summed E-state index contributed by atoms with van der Waals surface area (Å²) in [6, 6.07) is 14.8. The number of hydrogen-bond acceptors (Lipinski definition) is 2. The van der Waals surface area contributed by atoms with Gasteiger partial charge in [-0.15, -0.1) is 0 Å². The zero-order valence-corrected chi connectivity index (χ0v) is 15.0. The average molecular weight is 372 g/mol. The van der Waals surface area contributed by atoms with E-state index < -0.39 is 9.96 Å². The molecule has 2 aromatic carbocycles. The molecular formula is C17H17Cl3N2O. The Labute approximate surface area is 150 Å². The first kappa shape index (κ1) is 17.9. The fourth-order valence-corrected chi connectivity index (χ4v) is 2.45. The zero-order valence-electron chi connectivity index (χ0n) is 12.7. The first-order valence-corrected chi connectivity index (χ1v) is 8.18. The van der Waals surface area contributed by atoms with Gasteiger partial charge in [0.2, 0.25) is 3.79 Å². The largest absolute Gasteiger partial charge is 0.362 e. The Kier molecular flexibility index (Phi) is 5.79. The molecule has 6 heteroatoms. The summed E-state index contributed by atoms with van der Waals surface area (Å²) >= 11 is 18.1. The minimum Gasteiger partial charge on any atom is -0.362 e. The van der Waals surface area contributed by atoms with Gasteiger partial charge >= 0.3 is 0 Å². The molecule has 23 heavy (non-hydrogen) atoms. The Morgan fingerprint density at radius 2 is 1.52 bits per heavy atom. The molecule has 0 aromatic heterocycles. The molecule has 0 bridgehead atoms. The highest BCUT2D eigenvalue weighted by molar-refractivity contribution is 6.68. The monoisotopic (exact) mass is 370 g/mol. The summed E-state index contributed by atoms with van der Waals surface area (Å²) in [4.78, 5) is 12.5. The highest BCUT2D eigenvalue weighted by Crippen LogP contribution is 2.32. The molecule has 1 amide bonds. The fourth-order valence-electron chi connectivity index (χ4n) is 2.13. The van der Waals surface area contributed by atoms with Crippen LogP contribution in [0.3, 0.4) is 0 Å². The maximum absolute atomic E-state index is 12.5. The van der Waals surface area contributed by atoms with Gasteiger partial charge in [0.05, 0.1) is 0 Å². The topological polar surface area (TPSA) is 41.1 Å². The molecule has 1 atom stereocenters. The molecule has 0 saturated heterocycles. The Balaban J connectivity index is 2.22. The molecule has 3 nitrogen and oxygen atoms in total. The van der Waals surface area contributed by atoms with Crippen LogP contribution in [0.2, 0.25) is 0 Å². The first-order chi connectivity index (χ1) is 10.8. The molecule has 0 heterocycles. The van der Waals surface area contributed by atoms with Crippen LogP contribution >= 0.6 is 34.8 Å². The predicted octanol–water partition coefficient (Wildman–Crippen LogP) is 4.84. The summed E-state index contributed by atoms with van der Waals surface area (Å²) in [7, 11) is 0. The highest BCUT2D eigenvalue weighted by atomic mass is 35.6. The van der Waals surface area contributed by atoms with Gasteiger partial charge in [0.25, 0.3) is 5.91 Å². The Bertz CT molecular complexity index is 698. The molecule has 0 unspecified atom stereocenters. The number of benzene rings is 2. The van der Waals surface area contributed by atoms with Crippen molar-refractivity contribution in [3.05, 3.63) is 65.2 Å². The quantitative estimate of drug-likeness (QED) is 0.596. The van der Waals surface area contributed by atoms with Crippen molar-refractivity contribution in [2.24, 2.45) is 0 Å². The van der Waals surface area contributed by atoms with E-state index in [2.05, 4.69) is 10.6 Å². The van der Waals surface area contributed by atoms with Gasteiger partial charge in [0.1, 0.15) is 6.17 Å². The van der Waals surface area contributed by atoms with E-state index in [1.54, 1.807) is 12.1 Å². The van der Waals surface area contributed by atoms with Crippen LogP contribution in [0.5, 0.6) is 0 Å². The maximum atomic E-state index is 12.5. The van der Waals surface area contributed by atoms with Gasteiger partial charge < -0.3 is 10.6 Å². The van der Waals surface area contributed by atoms with Gasteiger partial charge in [0.15, 0.2) is 0 Å². The normalized spacial score (nSPS) is 12.6. The Morgan fingerprint density at radius 3 is 2.09 bits per heavy atom. The van der Waals surface area contributed by atoms with Gasteiger partial charge in [0, 0.05) is 11.3 Å². The number of rotatable bonds is 4. The number of aryl methyl sites for hydroxylation is 2. The van der Waals surface area contributed by atoms with E-state index in [4.69, 9.17) is 34.8 Å². The van der Waals surface area contributed by atoms with Gasteiger partial charge in [-0.2, -0.15) is 0 Å². The van der Waals surface area contributed by atoms with E-state index in [1.165, 1.54) is 0 Å². The molecule has 0 fully saturated rings. The zero-order chi connectivity index (χ0) is 17.0. The van der Waals surface area contributed by atoms with Crippen molar-refractivity contribution in [1.82, 2.24) is 5.32 Å². The van der Waals surface area contributed by atoms with Crippen LogP contribution in [0.4, 0.5) is 5.69 Å². The van der Waals surface area contributed by atoms with Gasteiger partial charge in [-0.1, -0.05) is 71.2 Å². The molecule has 0 saturated carbocycles. The van der Waals surface area contributed by atoms with E-state index in [0.717, 1.165) is 16.8 Å². The van der Waals surface area contributed by atoms with E-state index in [0.29, 0.717) is 5.56 Å². The lowest BCUT2D eigenvalue weighted by Gasteiger charge is -2.28. The number of hydrogen-bond donors (Lipinski definition) is 2. The van der Waals surface area contributed by atoms with E-state index >= 15 is 0 Å². The van der Waals surface area contributed by atoms with Crippen LogP contribution in [0, 0.1) is 13.8 Å². The minimum atomic E-state index is -1.71. The number of alkyl halides is 3. The summed E-state index contributed by atoms with van der Waals surface area (Å²) in [6.45, 7) is 3.79. The van der Waals surface area contributed by atoms with Crippen LogP contribution < -0.4 is 10.6 Å². The standard InChI is InChI=1S/C17H17Cl3N2O/c1-11-7-3-5-9-13(11)15(23)22-16(17(18,19)20)21-14-10-6-4-8-12(14)2/h3-10,16,21H,1-2H3,(H,22,23)/t16-/m0/s1. The second-order valence-electron chi connectivity index (χ2n) is 5.22. The van der Waals surface area contributed by atoms with Gasteiger partial charge in [-0.25, -0.2) is 0 Å².